The molecule has 306 valence electrons. The molecule has 0 radical (unpaired) electrons. The summed E-state index contributed by atoms with van der Waals surface area (Å²) in [6.45, 7) is 0. The Morgan fingerprint density at radius 3 is 2.45 bits per heavy atom. The Kier molecular flexibility index (Phi) is 8.83. The molecule has 60 heavy (non-hydrogen) atoms. The summed E-state index contributed by atoms with van der Waals surface area (Å²) >= 11 is 0. The van der Waals surface area contributed by atoms with Crippen molar-refractivity contribution >= 4 is 5.57 Å². The fourth-order valence-corrected chi connectivity index (χ4v) is 17.0. The highest BCUT2D eigenvalue weighted by molar-refractivity contribution is 5.72. The molecule has 0 saturated heterocycles. The van der Waals surface area contributed by atoms with Crippen LogP contribution in [0.25, 0.3) is 5.57 Å². The van der Waals surface area contributed by atoms with Gasteiger partial charge in [0.05, 0.1) is 6.04 Å². The maximum Gasteiger partial charge on any atom is 0.0514 e. The van der Waals surface area contributed by atoms with E-state index in [1.54, 1.807) is 22.4 Å². The van der Waals surface area contributed by atoms with Crippen molar-refractivity contribution in [1.82, 2.24) is 4.90 Å². The summed E-state index contributed by atoms with van der Waals surface area (Å²) in [5.41, 5.74) is 17.8. The van der Waals surface area contributed by atoms with Gasteiger partial charge in [-0.1, -0.05) is 138 Å². The van der Waals surface area contributed by atoms with E-state index in [4.69, 9.17) is 0 Å². The third kappa shape index (κ3) is 5.23. The summed E-state index contributed by atoms with van der Waals surface area (Å²) in [5, 5.41) is 0. The van der Waals surface area contributed by atoms with Crippen LogP contribution in [-0.4, -0.2) is 17.0 Å². The molecule has 12 unspecified atom stereocenters. The Bertz CT molecular complexity index is 2340. The van der Waals surface area contributed by atoms with Gasteiger partial charge in [-0.05, 0) is 179 Å². The SMILES string of the molecule is C1=CCC(C2=CCC(N(C3=C(c4ccccc4)CCC=C3)C3CCCC4=C3C3(C5C=CCCC45)C4CCC=CC4C4C5C=CCC6C7=C(C=CCC7)C(=C65)CC43)CC2)C=C1. The standard InChI is InChI=1S/C59H65N/c1-3-17-38(18-4-1)39-33-35-41(36-34-39)60(54-31-14-11-21-42(54)40-19-5-2-6-20-40)55-32-16-27-47-45-24-9-12-29-51(45)59(58(47)55)52-30-13-10-25-48(52)57-49-28-15-26-46-43-22-7-8-23-44(43)50(56(46)49)37-53(57)59/h1-6,8,10,12,14-15,17,19-20,23,25,28-29,31,33,38,41,45-46,48-49,51-53,55,57H,7,9,11,13,16,18,21-22,24,26-27,30,32,34-37H2. The highest BCUT2D eigenvalue weighted by Crippen LogP contribution is 2.77. The molecule has 0 aliphatic heterocycles. The van der Waals surface area contributed by atoms with E-state index >= 15 is 0 Å². The van der Waals surface area contributed by atoms with E-state index in [0.717, 1.165) is 30.6 Å². The number of allylic oxidation sites excluding steroid dienone is 21. The first kappa shape index (κ1) is 36.5. The number of hydrogen-bond donors (Lipinski definition) is 0. The summed E-state index contributed by atoms with van der Waals surface area (Å²) < 4.78 is 0. The van der Waals surface area contributed by atoms with Crippen LogP contribution >= 0.6 is 0 Å². The first-order chi connectivity index (χ1) is 29.8. The number of nitrogens with zero attached hydrogens (tertiary/aromatic N) is 1. The lowest BCUT2D eigenvalue weighted by Crippen LogP contribution is -2.52. The summed E-state index contributed by atoms with van der Waals surface area (Å²) in [4.78, 5) is 3.18. The van der Waals surface area contributed by atoms with Crippen LogP contribution in [-0.2, 0) is 0 Å². The topological polar surface area (TPSA) is 3.24 Å². The summed E-state index contributed by atoms with van der Waals surface area (Å²) in [6.07, 6.45) is 60.4. The number of rotatable bonds is 5. The molecule has 12 aliphatic carbocycles. The van der Waals surface area contributed by atoms with Gasteiger partial charge in [-0.25, -0.2) is 0 Å². The van der Waals surface area contributed by atoms with Crippen LogP contribution in [0.5, 0.6) is 0 Å². The van der Waals surface area contributed by atoms with E-state index in [1.807, 2.05) is 27.9 Å². The van der Waals surface area contributed by atoms with Crippen molar-refractivity contribution in [2.45, 2.75) is 121 Å². The molecular formula is C59H65N. The monoisotopic (exact) mass is 788 g/mol. The van der Waals surface area contributed by atoms with E-state index in [0.29, 0.717) is 47.6 Å². The molecule has 0 amide bonds. The van der Waals surface area contributed by atoms with Crippen molar-refractivity contribution in [3.63, 3.8) is 0 Å². The van der Waals surface area contributed by atoms with E-state index in [-0.39, 0.29) is 5.41 Å². The molecule has 12 aliphatic rings. The molecule has 0 bridgehead atoms. The molecule has 1 spiro atoms. The van der Waals surface area contributed by atoms with E-state index in [1.165, 1.54) is 102 Å². The van der Waals surface area contributed by atoms with Crippen molar-refractivity contribution in [3.8, 4) is 0 Å². The minimum absolute atomic E-state index is 0.224. The molecule has 1 saturated carbocycles. The second kappa shape index (κ2) is 14.5. The molecular weight excluding hydrogens is 723 g/mol. The number of benzene rings is 1. The molecule has 1 aromatic carbocycles. The van der Waals surface area contributed by atoms with Gasteiger partial charge in [-0.3, -0.25) is 0 Å². The van der Waals surface area contributed by atoms with Gasteiger partial charge in [0, 0.05) is 34.9 Å². The van der Waals surface area contributed by atoms with Crippen molar-refractivity contribution in [3.05, 3.63) is 172 Å². The zero-order chi connectivity index (χ0) is 39.4. The highest BCUT2D eigenvalue weighted by Gasteiger charge is 2.71. The third-order valence-electron chi connectivity index (χ3n) is 18.8. The van der Waals surface area contributed by atoms with Gasteiger partial charge in [-0.2, -0.15) is 0 Å². The zero-order valence-corrected chi connectivity index (χ0v) is 35.9. The maximum atomic E-state index is 3.18. The molecule has 0 aromatic heterocycles. The molecule has 1 nitrogen and oxygen atoms in total. The van der Waals surface area contributed by atoms with Gasteiger partial charge in [0.25, 0.3) is 0 Å². The molecule has 1 fully saturated rings. The van der Waals surface area contributed by atoms with Crippen LogP contribution in [0.2, 0.25) is 0 Å². The number of hydrogen-bond acceptors (Lipinski definition) is 1. The smallest absolute Gasteiger partial charge is 0.0514 e. The van der Waals surface area contributed by atoms with Crippen LogP contribution < -0.4 is 0 Å². The molecule has 0 N–H and O–H groups in total. The van der Waals surface area contributed by atoms with Gasteiger partial charge in [0.2, 0.25) is 0 Å². The zero-order valence-electron chi connectivity index (χ0n) is 35.9. The molecule has 13 rings (SSSR count). The molecule has 0 heterocycles. The third-order valence-corrected chi connectivity index (χ3v) is 18.8. The lowest BCUT2D eigenvalue weighted by atomic mass is 9.53. The van der Waals surface area contributed by atoms with E-state index in [2.05, 4.69) is 126 Å². The fourth-order valence-electron chi connectivity index (χ4n) is 17.0. The minimum atomic E-state index is 0.224. The Morgan fingerprint density at radius 2 is 1.55 bits per heavy atom. The normalized spacial score (nSPS) is 40.5. The predicted molar refractivity (Wildman–Crippen MR) is 248 cm³/mol. The van der Waals surface area contributed by atoms with Crippen molar-refractivity contribution in [1.29, 1.82) is 0 Å². The largest absolute Gasteiger partial charge is 0.361 e. The Hall–Kier alpha value is -4.10. The predicted octanol–water partition coefficient (Wildman–Crippen LogP) is 14.5. The molecule has 12 atom stereocenters. The Labute approximate surface area is 360 Å². The van der Waals surface area contributed by atoms with E-state index < -0.39 is 0 Å². The highest BCUT2D eigenvalue weighted by atomic mass is 15.2. The number of fused-ring (bicyclic) bond motifs is 12. The van der Waals surface area contributed by atoms with Gasteiger partial charge >= 0.3 is 0 Å². The molecule has 1 heteroatoms. The van der Waals surface area contributed by atoms with Crippen molar-refractivity contribution < 1.29 is 0 Å². The van der Waals surface area contributed by atoms with E-state index in [9.17, 15) is 0 Å². The van der Waals surface area contributed by atoms with Crippen LogP contribution in [0.1, 0.15) is 115 Å². The quantitative estimate of drug-likeness (QED) is 0.269. The summed E-state index contributed by atoms with van der Waals surface area (Å²) in [6, 6.07) is 12.6. The second-order valence-electron chi connectivity index (χ2n) is 21.0. The lowest BCUT2D eigenvalue weighted by molar-refractivity contribution is 0.0581. The van der Waals surface area contributed by atoms with Gasteiger partial charge in [-0.15, -0.1) is 0 Å². The first-order valence-corrected chi connectivity index (χ1v) is 24.9. The Balaban J connectivity index is 1.01. The first-order valence-electron chi connectivity index (χ1n) is 24.9. The van der Waals surface area contributed by atoms with Gasteiger partial charge in [0.15, 0.2) is 0 Å². The average molecular weight is 788 g/mol. The van der Waals surface area contributed by atoms with Gasteiger partial charge < -0.3 is 4.90 Å². The lowest BCUT2D eigenvalue weighted by Gasteiger charge is -2.54. The fraction of sp³-hybridized carbons (Fsp3) is 0.492. The average Bonchev–Trinajstić information content (AvgIpc) is 3.93. The molecule has 1 aromatic rings. The second-order valence-corrected chi connectivity index (χ2v) is 21.0. The minimum Gasteiger partial charge on any atom is -0.361 e. The summed E-state index contributed by atoms with van der Waals surface area (Å²) in [7, 11) is 0. The Morgan fingerprint density at radius 1 is 0.650 bits per heavy atom. The van der Waals surface area contributed by atoms with Crippen LogP contribution in [0.3, 0.4) is 0 Å². The van der Waals surface area contributed by atoms with Crippen LogP contribution in [0.15, 0.2) is 166 Å². The maximum absolute atomic E-state index is 3.18. The van der Waals surface area contributed by atoms with Crippen molar-refractivity contribution in [2.24, 2.45) is 58.7 Å². The summed E-state index contributed by atoms with van der Waals surface area (Å²) in [5.74, 6) is 6.11. The van der Waals surface area contributed by atoms with Crippen molar-refractivity contribution in [2.75, 3.05) is 0 Å². The van der Waals surface area contributed by atoms with Crippen LogP contribution in [0.4, 0.5) is 0 Å². The van der Waals surface area contributed by atoms with Crippen LogP contribution in [0, 0.1) is 58.7 Å². The van der Waals surface area contributed by atoms with Gasteiger partial charge in [0.1, 0.15) is 0 Å².